The highest BCUT2D eigenvalue weighted by Crippen LogP contribution is 2.22. The van der Waals surface area contributed by atoms with Crippen LogP contribution in [-0.2, 0) is 0 Å². The number of aromatic hydroxyl groups is 1. The zero-order valence-electron chi connectivity index (χ0n) is 9.86. The first-order valence-electron chi connectivity index (χ1n) is 5.39. The number of aryl methyl sites for hydroxylation is 2. The van der Waals surface area contributed by atoms with Gasteiger partial charge in [-0.15, -0.1) is 0 Å². The van der Waals surface area contributed by atoms with Gasteiger partial charge in [0.05, 0.1) is 0 Å². The highest BCUT2D eigenvalue weighted by Gasteiger charge is 2.01. The molecule has 2 heteroatoms. The Hall–Kier alpha value is -2.27. The molecule has 0 radical (unpaired) electrons. The number of phenols is 1. The molecule has 1 N–H and O–H groups in total. The van der Waals surface area contributed by atoms with Crippen LogP contribution >= 0.6 is 0 Å². The van der Waals surface area contributed by atoms with Crippen molar-refractivity contribution in [2.45, 2.75) is 13.8 Å². The molecule has 0 aliphatic carbocycles. The van der Waals surface area contributed by atoms with Gasteiger partial charge in [-0.2, -0.15) is 0 Å². The maximum absolute atomic E-state index is 9.66. The van der Waals surface area contributed by atoms with E-state index in [9.17, 15) is 5.11 Å². The lowest BCUT2D eigenvalue weighted by Gasteiger charge is -2.03. The van der Waals surface area contributed by atoms with E-state index < -0.39 is 0 Å². The lowest BCUT2D eigenvalue weighted by atomic mass is 10.1. The summed E-state index contributed by atoms with van der Waals surface area (Å²) in [5.41, 5.74) is 3.48. The summed E-state index contributed by atoms with van der Waals surface area (Å²) in [5, 5.41) is 9.66. The first-order valence-corrected chi connectivity index (χ1v) is 5.39. The minimum atomic E-state index is 0.344. The van der Waals surface area contributed by atoms with Crippen LogP contribution in [0.5, 0.6) is 5.75 Å². The first kappa shape index (κ1) is 11.2. The molecule has 84 valence electrons. The highest BCUT2D eigenvalue weighted by atomic mass is 16.3. The molecule has 0 saturated carbocycles. The predicted octanol–water partition coefficient (Wildman–Crippen LogP) is 2.80. The van der Waals surface area contributed by atoms with Crippen LogP contribution in [-0.4, -0.2) is 10.1 Å². The van der Waals surface area contributed by atoms with Crippen molar-refractivity contribution < 1.29 is 5.11 Å². The minimum absolute atomic E-state index is 0.344. The van der Waals surface area contributed by atoms with Crippen LogP contribution in [0.4, 0.5) is 0 Å². The molecule has 1 aromatic heterocycles. The largest absolute Gasteiger partial charge is 0.507 e. The third-order valence-corrected chi connectivity index (χ3v) is 2.50. The van der Waals surface area contributed by atoms with Gasteiger partial charge in [-0.25, -0.2) is 0 Å². The maximum atomic E-state index is 9.66. The monoisotopic (exact) mass is 223 g/mol. The lowest BCUT2D eigenvalue weighted by Crippen LogP contribution is -1.84. The smallest absolute Gasteiger partial charge is 0.121 e. The standard InChI is InChI=1S/C15H13NO/c1-11-8-14(9-12(2)15(11)17)6-5-13-4-3-7-16-10-13/h3-4,7-10,17H,1-2H3. The van der Waals surface area contributed by atoms with Crippen molar-refractivity contribution in [3.05, 3.63) is 58.9 Å². The van der Waals surface area contributed by atoms with Crippen molar-refractivity contribution >= 4 is 0 Å². The third kappa shape index (κ3) is 2.64. The van der Waals surface area contributed by atoms with Gasteiger partial charge in [0.1, 0.15) is 5.75 Å². The Morgan fingerprint density at radius 1 is 1.06 bits per heavy atom. The molecule has 0 unspecified atom stereocenters. The summed E-state index contributed by atoms with van der Waals surface area (Å²) in [4.78, 5) is 4.00. The molecule has 2 nitrogen and oxygen atoms in total. The number of aromatic nitrogens is 1. The Kier molecular flexibility index (Phi) is 3.11. The van der Waals surface area contributed by atoms with Gasteiger partial charge in [-0.1, -0.05) is 11.8 Å². The van der Waals surface area contributed by atoms with E-state index in [1.54, 1.807) is 12.4 Å². The van der Waals surface area contributed by atoms with Crippen molar-refractivity contribution in [2.75, 3.05) is 0 Å². The van der Waals surface area contributed by atoms with E-state index in [2.05, 4.69) is 16.8 Å². The molecule has 0 aliphatic heterocycles. The number of hydrogen-bond donors (Lipinski definition) is 1. The van der Waals surface area contributed by atoms with Crippen LogP contribution in [0, 0.1) is 25.7 Å². The van der Waals surface area contributed by atoms with Gasteiger partial charge in [-0.3, -0.25) is 4.98 Å². The molecule has 17 heavy (non-hydrogen) atoms. The Morgan fingerprint density at radius 3 is 2.29 bits per heavy atom. The van der Waals surface area contributed by atoms with Gasteiger partial charge in [0.15, 0.2) is 0 Å². The summed E-state index contributed by atoms with van der Waals surface area (Å²) in [6.45, 7) is 3.75. The molecule has 0 amide bonds. The van der Waals surface area contributed by atoms with Crippen molar-refractivity contribution in [1.29, 1.82) is 0 Å². The molecule has 1 heterocycles. The topological polar surface area (TPSA) is 33.1 Å². The molecule has 0 spiro atoms. The second-order valence-electron chi connectivity index (χ2n) is 3.95. The molecule has 0 saturated heterocycles. The van der Waals surface area contributed by atoms with Crippen LogP contribution in [0.15, 0.2) is 36.7 Å². The Bertz CT molecular complexity index is 568. The lowest BCUT2D eigenvalue weighted by molar-refractivity contribution is 0.467. The van der Waals surface area contributed by atoms with Gasteiger partial charge in [0.2, 0.25) is 0 Å². The quantitative estimate of drug-likeness (QED) is 0.697. The maximum Gasteiger partial charge on any atom is 0.121 e. The number of pyridine rings is 1. The predicted molar refractivity (Wildman–Crippen MR) is 67.8 cm³/mol. The van der Waals surface area contributed by atoms with Crippen LogP contribution in [0.3, 0.4) is 0 Å². The molecular weight excluding hydrogens is 210 g/mol. The second-order valence-corrected chi connectivity index (χ2v) is 3.95. The van der Waals surface area contributed by atoms with Crippen LogP contribution in [0.25, 0.3) is 0 Å². The van der Waals surface area contributed by atoms with E-state index in [4.69, 9.17) is 0 Å². The van der Waals surface area contributed by atoms with E-state index in [-0.39, 0.29) is 0 Å². The zero-order chi connectivity index (χ0) is 12.3. The van der Waals surface area contributed by atoms with E-state index in [0.29, 0.717) is 5.75 Å². The highest BCUT2D eigenvalue weighted by molar-refractivity contribution is 5.49. The van der Waals surface area contributed by atoms with Crippen molar-refractivity contribution in [3.8, 4) is 17.6 Å². The fourth-order valence-electron chi connectivity index (χ4n) is 1.61. The van der Waals surface area contributed by atoms with Crippen LogP contribution in [0.1, 0.15) is 22.3 Å². The Morgan fingerprint density at radius 2 is 1.71 bits per heavy atom. The van der Waals surface area contributed by atoms with Gasteiger partial charge in [-0.05, 0) is 49.2 Å². The summed E-state index contributed by atoms with van der Waals surface area (Å²) >= 11 is 0. The van der Waals surface area contributed by atoms with Gasteiger partial charge < -0.3 is 5.11 Å². The van der Waals surface area contributed by atoms with Crippen LogP contribution < -0.4 is 0 Å². The van der Waals surface area contributed by atoms with Crippen molar-refractivity contribution in [3.63, 3.8) is 0 Å². The number of nitrogens with zero attached hydrogens (tertiary/aromatic N) is 1. The fraction of sp³-hybridized carbons (Fsp3) is 0.133. The molecular formula is C15H13NO. The normalized spacial score (nSPS) is 9.53. The molecule has 1 aromatic carbocycles. The summed E-state index contributed by atoms with van der Waals surface area (Å²) in [6, 6.07) is 7.54. The number of rotatable bonds is 0. The number of phenolic OH excluding ortho intramolecular Hbond substituents is 1. The SMILES string of the molecule is Cc1cc(C#Cc2cccnc2)cc(C)c1O. The average molecular weight is 223 g/mol. The third-order valence-electron chi connectivity index (χ3n) is 2.50. The van der Waals surface area contributed by atoms with E-state index >= 15 is 0 Å². The average Bonchev–Trinajstić information content (AvgIpc) is 2.34. The summed E-state index contributed by atoms with van der Waals surface area (Å²) in [5.74, 6) is 6.45. The second kappa shape index (κ2) is 4.71. The van der Waals surface area contributed by atoms with Gasteiger partial charge in [0, 0.05) is 23.5 Å². The zero-order valence-corrected chi connectivity index (χ0v) is 9.86. The summed E-state index contributed by atoms with van der Waals surface area (Å²) in [6.07, 6.45) is 3.45. The summed E-state index contributed by atoms with van der Waals surface area (Å²) in [7, 11) is 0. The molecule has 2 aromatic rings. The number of hydrogen-bond acceptors (Lipinski definition) is 2. The van der Waals surface area contributed by atoms with E-state index in [0.717, 1.165) is 22.3 Å². The van der Waals surface area contributed by atoms with Crippen molar-refractivity contribution in [2.24, 2.45) is 0 Å². The molecule has 0 aliphatic rings. The summed E-state index contributed by atoms with van der Waals surface area (Å²) < 4.78 is 0. The minimum Gasteiger partial charge on any atom is -0.507 e. The molecule has 0 bridgehead atoms. The fourth-order valence-corrected chi connectivity index (χ4v) is 1.61. The van der Waals surface area contributed by atoms with Crippen molar-refractivity contribution in [1.82, 2.24) is 4.98 Å². The molecule has 0 atom stereocenters. The van der Waals surface area contributed by atoms with E-state index in [1.807, 2.05) is 38.1 Å². The molecule has 0 fully saturated rings. The van der Waals surface area contributed by atoms with E-state index in [1.165, 1.54) is 0 Å². The Labute approximate surface area is 101 Å². The number of benzene rings is 1. The Balaban J connectivity index is 2.35. The van der Waals surface area contributed by atoms with Gasteiger partial charge in [0.25, 0.3) is 0 Å². The van der Waals surface area contributed by atoms with Gasteiger partial charge >= 0.3 is 0 Å². The molecule has 2 rings (SSSR count). The first-order chi connectivity index (χ1) is 8.16. The van der Waals surface area contributed by atoms with Crippen LogP contribution in [0.2, 0.25) is 0 Å².